The van der Waals surface area contributed by atoms with E-state index in [0.29, 0.717) is 11.3 Å². The second-order valence-electron chi connectivity index (χ2n) is 6.64. The summed E-state index contributed by atoms with van der Waals surface area (Å²) in [6.07, 6.45) is 1.73. The largest absolute Gasteiger partial charge is 0.506 e. The number of aromatic nitrogens is 2. The number of nitrogens with zero attached hydrogens (tertiary/aromatic N) is 2. The Kier molecular flexibility index (Phi) is 5.34. The van der Waals surface area contributed by atoms with Gasteiger partial charge in [-0.1, -0.05) is 24.3 Å². The van der Waals surface area contributed by atoms with E-state index in [4.69, 9.17) is 9.84 Å². The molecule has 1 aliphatic heterocycles. The molecule has 1 aromatic carbocycles. The van der Waals surface area contributed by atoms with Crippen LogP contribution in [0.15, 0.2) is 40.6 Å². The number of ether oxygens (including phenoxy) is 1. The zero-order chi connectivity index (χ0) is 21.3. The first-order valence-corrected chi connectivity index (χ1v) is 9.87. The molecule has 0 saturated carbocycles. The van der Waals surface area contributed by atoms with E-state index in [2.05, 4.69) is 10.3 Å². The molecule has 0 spiro atoms. The topological polar surface area (TPSA) is 131 Å². The first kappa shape index (κ1) is 19.8. The van der Waals surface area contributed by atoms with Crippen LogP contribution < -0.4 is 10.9 Å². The Morgan fingerprint density at radius 2 is 2.00 bits per heavy atom. The highest BCUT2D eigenvalue weighted by Crippen LogP contribution is 2.30. The third-order valence-electron chi connectivity index (χ3n) is 4.74. The van der Waals surface area contributed by atoms with E-state index in [-0.39, 0.29) is 19.8 Å². The standard InChI is InChI=1S/C20H17N3O6S/c24-15(25)7-22-18(27)16-17(26)13-9-29-10-14(13)23(20(16)28)8-11-1-3-12(4-2-11)19-21-5-6-30-19/h1-6,26H,7-10H2,(H,22,27)(H,24,25). The molecule has 0 aliphatic carbocycles. The second-order valence-corrected chi connectivity index (χ2v) is 7.54. The Labute approximate surface area is 174 Å². The summed E-state index contributed by atoms with van der Waals surface area (Å²) in [6, 6.07) is 7.53. The van der Waals surface area contributed by atoms with Gasteiger partial charge < -0.3 is 24.8 Å². The highest BCUT2D eigenvalue weighted by molar-refractivity contribution is 7.13. The summed E-state index contributed by atoms with van der Waals surface area (Å²) in [7, 11) is 0. The lowest BCUT2D eigenvalue weighted by Gasteiger charge is -2.15. The Morgan fingerprint density at radius 3 is 2.67 bits per heavy atom. The highest BCUT2D eigenvalue weighted by atomic mass is 32.1. The van der Waals surface area contributed by atoms with Gasteiger partial charge in [-0.05, 0) is 5.56 Å². The summed E-state index contributed by atoms with van der Waals surface area (Å²) in [5.74, 6) is -2.67. The SMILES string of the molecule is O=C(O)CNC(=O)c1c(O)c2c(n(Cc3ccc(-c4nccs4)cc3)c1=O)COC2. The van der Waals surface area contributed by atoms with Crippen molar-refractivity contribution in [1.82, 2.24) is 14.9 Å². The summed E-state index contributed by atoms with van der Waals surface area (Å²) in [5.41, 5.74) is 1.43. The number of carboxylic acid groups (broad SMARTS) is 1. The highest BCUT2D eigenvalue weighted by Gasteiger charge is 2.29. The Hall–Kier alpha value is -3.50. The molecule has 9 nitrogen and oxygen atoms in total. The molecule has 0 saturated heterocycles. The van der Waals surface area contributed by atoms with Gasteiger partial charge in [0, 0.05) is 22.7 Å². The summed E-state index contributed by atoms with van der Waals surface area (Å²) in [4.78, 5) is 40.4. The number of benzene rings is 1. The normalized spacial score (nSPS) is 12.5. The van der Waals surface area contributed by atoms with Gasteiger partial charge in [-0.2, -0.15) is 0 Å². The lowest BCUT2D eigenvalue weighted by molar-refractivity contribution is -0.135. The molecular weight excluding hydrogens is 410 g/mol. The maximum Gasteiger partial charge on any atom is 0.322 e. The van der Waals surface area contributed by atoms with Crippen molar-refractivity contribution >= 4 is 23.2 Å². The van der Waals surface area contributed by atoms with Gasteiger partial charge in [-0.3, -0.25) is 14.4 Å². The molecule has 3 heterocycles. The number of hydrogen-bond acceptors (Lipinski definition) is 7. The van der Waals surface area contributed by atoms with Crippen LogP contribution in [0.3, 0.4) is 0 Å². The molecule has 1 aliphatic rings. The fraction of sp³-hybridized carbons (Fsp3) is 0.200. The van der Waals surface area contributed by atoms with Crippen molar-refractivity contribution in [3.63, 3.8) is 0 Å². The lowest BCUT2D eigenvalue weighted by atomic mass is 10.1. The number of thiazole rings is 1. The number of amides is 1. The molecule has 154 valence electrons. The van der Waals surface area contributed by atoms with Crippen LogP contribution in [0.5, 0.6) is 5.75 Å². The smallest absolute Gasteiger partial charge is 0.322 e. The summed E-state index contributed by atoms with van der Waals surface area (Å²) < 4.78 is 6.76. The fourth-order valence-corrected chi connectivity index (χ4v) is 3.94. The number of carboxylic acids is 1. The van der Waals surface area contributed by atoms with Crippen LogP contribution in [0, 0.1) is 0 Å². The van der Waals surface area contributed by atoms with E-state index in [1.165, 1.54) is 15.9 Å². The molecule has 0 unspecified atom stereocenters. The van der Waals surface area contributed by atoms with Crippen molar-refractivity contribution in [1.29, 1.82) is 0 Å². The number of pyridine rings is 1. The third kappa shape index (κ3) is 3.70. The molecule has 4 rings (SSSR count). The monoisotopic (exact) mass is 427 g/mol. The van der Waals surface area contributed by atoms with E-state index in [9.17, 15) is 19.5 Å². The minimum absolute atomic E-state index is 0.0592. The molecule has 1 amide bonds. The second kappa shape index (κ2) is 8.09. The summed E-state index contributed by atoms with van der Waals surface area (Å²) in [6.45, 7) is -0.304. The quantitative estimate of drug-likeness (QED) is 0.544. The maximum atomic E-state index is 13.0. The lowest BCUT2D eigenvalue weighted by Crippen LogP contribution is -2.37. The molecule has 2 aromatic heterocycles. The average molecular weight is 427 g/mol. The van der Waals surface area contributed by atoms with Crippen molar-refractivity contribution in [2.24, 2.45) is 0 Å². The number of aromatic hydroxyl groups is 1. The number of rotatable bonds is 6. The van der Waals surface area contributed by atoms with E-state index in [1.54, 1.807) is 6.20 Å². The van der Waals surface area contributed by atoms with Crippen molar-refractivity contribution in [2.75, 3.05) is 6.54 Å². The van der Waals surface area contributed by atoms with Gasteiger partial charge >= 0.3 is 5.97 Å². The Bertz CT molecular complexity index is 1170. The number of aliphatic carboxylic acids is 1. The van der Waals surface area contributed by atoms with Crippen molar-refractivity contribution < 1.29 is 24.5 Å². The van der Waals surface area contributed by atoms with Crippen LogP contribution in [-0.2, 0) is 29.3 Å². The molecule has 3 N–H and O–H groups in total. The maximum absolute atomic E-state index is 13.0. The fourth-order valence-electron chi connectivity index (χ4n) is 3.29. The van der Waals surface area contributed by atoms with Crippen molar-refractivity contribution in [3.05, 3.63) is 68.6 Å². The number of carbonyl (C=O) groups is 2. The number of fused-ring (bicyclic) bond motifs is 1. The van der Waals surface area contributed by atoms with Gasteiger partial charge in [0.2, 0.25) is 0 Å². The first-order valence-electron chi connectivity index (χ1n) is 8.99. The molecule has 0 radical (unpaired) electrons. The molecule has 0 bridgehead atoms. The molecule has 3 aromatic rings. The molecule has 0 fully saturated rings. The van der Waals surface area contributed by atoms with Crippen LogP contribution in [0.2, 0.25) is 0 Å². The van der Waals surface area contributed by atoms with Crippen molar-refractivity contribution in [3.8, 4) is 16.3 Å². The minimum atomic E-state index is -1.26. The van der Waals surface area contributed by atoms with Gasteiger partial charge in [-0.25, -0.2) is 4.98 Å². The third-order valence-corrected chi connectivity index (χ3v) is 5.56. The molecule has 0 atom stereocenters. The average Bonchev–Trinajstić information content (AvgIpc) is 3.42. The van der Waals surface area contributed by atoms with E-state index in [0.717, 1.165) is 16.1 Å². The van der Waals surface area contributed by atoms with Crippen molar-refractivity contribution in [2.45, 2.75) is 19.8 Å². The van der Waals surface area contributed by atoms with Gasteiger partial charge in [0.05, 0.1) is 25.5 Å². The van der Waals surface area contributed by atoms with Gasteiger partial charge in [0.1, 0.15) is 22.9 Å². The van der Waals surface area contributed by atoms with E-state index >= 15 is 0 Å². The van der Waals surface area contributed by atoms with E-state index < -0.39 is 35.3 Å². The minimum Gasteiger partial charge on any atom is -0.506 e. The van der Waals surface area contributed by atoms with Crippen LogP contribution >= 0.6 is 11.3 Å². The number of hydrogen-bond donors (Lipinski definition) is 3. The van der Waals surface area contributed by atoms with E-state index in [1.807, 2.05) is 29.6 Å². The van der Waals surface area contributed by atoms with Crippen LogP contribution in [0.4, 0.5) is 0 Å². The number of nitrogens with one attached hydrogen (secondary N) is 1. The summed E-state index contributed by atoms with van der Waals surface area (Å²) in [5, 5.41) is 24.1. The van der Waals surface area contributed by atoms with Gasteiger partial charge in [-0.15, -0.1) is 11.3 Å². The molecule has 10 heteroatoms. The summed E-state index contributed by atoms with van der Waals surface area (Å²) >= 11 is 1.52. The Balaban J connectivity index is 1.70. The van der Waals surface area contributed by atoms with Gasteiger partial charge in [0.25, 0.3) is 11.5 Å². The number of carbonyl (C=O) groups excluding carboxylic acids is 1. The zero-order valence-corrected chi connectivity index (χ0v) is 16.4. The first-order chi connectivity index (χ1) is 14.5. The molecular formula is C20H17N3O6S. The van der Waals surface area contributed by atoms with Crippen LogP contribution in [0.1, 0.15) is 27.2 Å². The van der Waals surface area contributed by atoms with Crippen LogP contribution in [0.25, 0.3) is 10.6 Å². The molecule has 30 heavy (non-hydrogen) atoms. The predicted octanol–water partition coefficient (Wildman–Crippen LogP) is 1.57. The van der Waals surface area contributed by atoms with Gasteiger partial charge in [0.15, 0.2) is 0 Å². The predicted molar refractivity (Wildman–Crippen MR) is 107 cm³/mol. The zero-order valence-electron chi connectivity index (χ0n) is 15.6. The van der Waals surface area contributed by atoms with Crippen LogP contribution in [-0.4, -0.2) is 38.2 Å². The Morgan fingerprint density at radius 1 is 1.23 bits per heavy atom.